The molecular formula is C16H29N. The Morgan fingerprint density at radius 2 is 2.06 bits per heavy atom. The van der Waals surface area contributed by atoms with Crippen LogP contribution in [0.5, 0.6) is 0 Å². The third kappa shape index (κ3) is 7.21. The topological polar surface area (TPSA) is 23.8 Å². The van der Waals surface area contributed by atoms with Gasteiger partial charge in [-0.05, 0) is 43.4 Å². The standard InChI is InChI=1S/C11H19N.C5H10/c1-3-11-8-10(5-4-6-12)7-9(11)2;1-3-5-4-2/h9-11H,3-5,7-8H2,1-2H3;3H,1,4-5H2,2H3. The van der Waals surface area contributed by atoms with Crippen molar-refractivity contribution in [3.63, 3.8) is 0 Å². The molecule has 0 amide bonds. The van der Waals surface area contributed by atoms with Crippen LogP contribution in [0.15, 0.2) is 12.7 Å². The Hall–Kier alpha value is -0.770. The Morgan fingerprint density at radius 1 is 1.35 bits per heavy atom. The van der Waals surface area contributed by atoms with Crippen molar-refractivity contribution < 1.29 is 0 Å². The van der Waals surface area contributed by atoms with E-state index < -0.39 is 0 Å². The first-order valence-electron chi connectivity index (χ1n) is 7.17. The van der Waals surface area contributed by atoms with E-state index in [1.807, 2.05) is 6.08 Å². The van der Waals surface area contributed by atoms with E-state index >= 15 is 0 Å². The molecule has 0 spiro atoms. The predicted octanol–water partition coefficient (Wildman–Crippen LogP) is 5.33. The second kappa shape index (κ2) is 10.4. The van der Waals surface area contributed by atoms with Crippen LogP contribution in [0.2, 0.25) is 0 Å². The molecule has 1 aliphatic carbocycles. The molecule has 0 N–H and O–H groups in total. The summed E-state index contributed by atoms with van der Waals surface area (Å²) >= 11 is 0. The van der Waals surface area contributed by atoms with Crippen molar-refractivity contribution in [1.29, 1.82) is 5.26 Å². The summed E-state index contributed by atoms with van der Waals surface area (Å²) in [5.41, 5.74) is 0. The van der Waals surface area contributed by atoms with Crippen molar-refractivity contribution in [2.75, 3.05) is 0 Å². The maximum atomic E-state index is 8.47. The molecule has 0 aliphatic heterocycles. The second-order valence-electron chi connectivity index (χ2n) is 5.26. The van der Waals surface area contributed by atoms with Gasteiger partial charge in [-0.3, -0.25) is 0 Å². The molecule has 0 aromatic heterocycles. The predicted molar refractivity (Wildman–Crippen MR) is 75.6 cm³/mol. The lowest BCUT2D eigenvalue weighted by atomic mass is 9.96. The quantitative estimate of drug-likeness (QED) is 0.590. The van der Waals surface area contributed by atoms with E-state index in [4.69, 9.17) is 5.26 Å². The van der Waals surface area contributed by atoms with Gasteiger partial charge < -0.3 is 0 Å². The van der Waals surface area contributed by atoms with E-state index in [9.17, 15) is 0 Å². The van der Waals surface area contributed by atoms with Crippen LogP contribution in [-0.4, -0.2) is 0 Å². The van der Waals surface area contributed by atoms with Crippen LogP contribution in [0.1, 0.15) is 65.7 Å². The number of unbranched alkanes of at least 4 members (excludes halogenated alkanes) is 1. The highest BCUT2D eigenvalue weighted by Gasteiger charge is 2.29. The minimum atomic E-state index is 0.758. The molecule has 0 saturated heterocycles. The Balaban J connectivity index is 0.000000437. The molecule has 0 aromatic carbocycles. The first-order chi connectivity index (χ1) is 8.19. The fourth-order valence-electron chi connectivity index (χ4n) is 2.75. The van der Waals surface area contributed by atoms with Gasteiger partial charge in [0.05, 0.1) is 6.07 Å². The Morgan fingerprint density at radius 3 is 2.41 bits per heavy atom. The second-order valence-corrected chi connectivity index (χ2v) is 5.26. The Kier molecular flexibility index (Phi) is 9.92. The summed E-state index contributed by atoms with van der Waals surface area (Å²) in [5, 5.41) is 8.47. The highest BCUT2D eigenvalue weighted by molar-refractivity contribution is 4.82. The van der Waals surface area contributed by atoms with Crippen molar-refractivity contribution in [2.24, 2.45) is 17.8 Å². The van der Waals surface area contributed by atoms with Crippen molar-refractivity contribution >= 4 is 0 Å². The van der Waals surface area contributed by atoms with Crippen molar-refractivity contribution in [2.45, 2.75) is 65.7 Å². The van der Waals surface area contributed by atoms with Gasteiger partial charge in [0.15, 0.2) is 0 Å². The molecule has 1 heteroatoms. The van der Waals surface area contributed by atoms with Gasteiger partial charge >= 0.3 is 0 Å². The molecule has 98 valence electrons. The van der Waals surface area contributed by atoms with Crippen LogP contribution in [0.25, 0.3) is 0 Å². The number of rotatable bonds is 5. The van der Waals surface area contributed by atoms with Crippen LogP contribution in [0.3, 0.4) is 0 Å². The molecule has 17 heavy (non-hydrogen) atoms. The maximum Gasteiger partial charge on any atom is 0.0621 e. The Labute approximate surface area is 108 Å². The van der Waals surface area contributed by atoms with E-state index in [2.05, 4.69) is 33.4 Å². The van der Waals surface area contributed by atoms with E-state index in [1.165, 1.54) is 25.7 Å². The summed E-state index contributed by atoms with van der Waals surface area (Å²) in [4.78, 5) is 0. The van der Waals surface area contributed by atoms with Crippen molar-refractivity contribution in [3.05, 3.63) is 12.7 Å². The van der Waals surface area contributed by atoms with Crippen LogP contribution in [0.4, 0.5) is 0 Å². The molecule has 3 atom stereocenters. The average molecular weight is 235 g/mol. The van der Waals surface area contributed by atoms with Gasteiger partial charge in [-0.2, -0.15) is 5.26 Å². The van der Waals surface area contributed by atoms with E-state index in [1.54, 1.807) is 0 Å². The summed E-state index contributed by atoms with van der Waals surface area (Å²) < 4.78 is 0. The van der Waals surface area contributed by atoms with Gasteiger partial charge in [0, 0.05) is 6.42 Å². The van der Waals surface area contributed by atoms with E-state index in [0.29, 0.717) is 0 Å². The molecule has 1 fully saturated rings. The molecule has 1 aliphatic rings. The highest BCUT2D eigenvalue weighted by Crippen LogP contribution is 2.39. The summed E-state index contributed by atoms with van der Waals surface area (Å²) in [6, 6.07) is 2.24. The molecule has 0 radical (unpaired) electrons. The molecule has 0 bridgehead atoms. The molecule has 1 saturated carbocycles. The van der Waals surface area contributed by atoms with E-state index in [-0.39, 0.29) is 0 Å². The van der Waals surface area contributed by atoms with Gasteiger partial charge in [0.2, 0.25) is 0 Å². The summed E-state index contributed by atoms with van der Waals surface area (Å²) in [7, 11) is 0. The first-order valence-corrected chi connectivity index (χ1v) is 7.17. The van der Waals surface area contributed by atoms with Crippen LogP contribution >= 0.6 is 0 Å². The molecule has 1 rings (SSSR count). The van der Waals surface area contributed by atoms with Gasteiger partial charge in [-0.25, -0.2) is 0 Å². The number of allylic oxidation sites excluding steroid dienone is 1. The lowest BCUT2D eigenvalue weighted by Crippen LogP contribution is -2.00. The van der Waals surface area contributed by atoms with Gasteiger partial charge in [0.25, 0.3) is 0 Å². The monoisotopic (exact) mass is 235 g/mol. The molecular weight excluding hydrogens is 206 g/mol. The molecule has 3 unspecified atom stereocenters. The average Bonchev–Trinajstić information content (AvgIpc) is 2.69. The largest absolute Gasteiger partial charge is 0.198 e. The zero-order chi connectivity index (χ0) is 13.1. The summed E-state index contributed by atoms with van der Waals surface area (Å²) in [5.74, 6) is 2.69. The minimum Gasteiger partial charge on any atom is -0.198 e. The highest BCUT2D eigenvalue weighted by atomic mass is 14.3. The van der Waals surface area contributed by atoms with Gasteiger partial charge in [-0.1, -0.05) is 39.7 Å². The summed E-state index contributed by atoms with van der Waals surface area (Å²) in [6.45, 7) is 10.3. The number of nitriles is 1. The zero-order valence-corrected chi connectivity index (χ0v) is 11.9. The number of hydrogen-bond donors (Lipinski definition) is 0. The maximum absolute atomic E-state index is 8.47. The number of nitrogens with zero attached hydrogens (tertiary/aromatic N) is 1. The summed E-state index contributed by atoms with van der Waals surface area (Å²) in [6.07, 6.45) is 10.3. The van der Waals surface area contributed by atoms with Crippen LogP contribution in [-0.2, 0) is 0 Å². The zero-order valence-electron chi connectivity index (χ0n) is 11.9. The fraction of sp³-hybridized carbons (Fsp3) is 0.812. The van der Waals surface area contributed by atoms with Crippen LogP contribution in [0, 0.1) is 29.1 Å². The lowest BCUT2D eigenvalue weighted by Gasteiger charge is -2.10. The number of hydrogen-bond acceptors (Lipinski definition) is 1. The smallest absolute Gasteiger partial charge is 0.0621 e. The first kappa shape index (κ1) is 16.2. The van der Waals surface area contributed by atoms with Crippen LogP contribution < -0.4 is 0 Å². The van der Waals surface area contributed by atoms with E-state index in [0.717, 1.165) is 37.0 Å². The van der Waals surface area contributed by atoms with Crippen molar-refractivity contribution in [1.82, 2.24) is 0 Å². The molecule has 0 aromatic rings. The van der Waals surface area contributed by atoms with Gasteiger partial charge in [0.1, 0.15) is 0 Å². The SMILES string of the molecule is C=CCCC.CCC1CC(CCC#N)CC1C. The molecule has 0 heterocycles. The minimum absolute atomic E-state index is 0.758. The lowest BCUT2D eigenvalue weighted by molar-refractivity contribution is 0.406. The molecule has 1 nitrogen and oxygen atoms in total. The third-order valence-corrected chi connectivity index (χ3v) is 3.83. The van der Waals surface area contributed by atoms with Crippen molar-refractivity contribution in [3.8, 4) is 6.07 Å². The normalized spacial score (nSPS) is 26.8. The fourth-order valence-corrected chi connectivity index (χ4v) is 2.75. The third-order valence-electron chi connectivity index (χ3n) is 3.83. The Bertz CT molecular complexity index is 226. The van der Waals surface area contributed by atoms with Gasteiger partial charge in [-0.15, -0.1) is 6.58 Å².